The molecule has 2 N–H and O–H groups in total. The highest BCUT2D eigenvalue weighted by Crippen LogP contribution is 2.14. The normalized spacial score (nSPS) is 18.8. The smallest absolute Gasteiger partial charge is 0.214 e. The summed E-state index contributed by atoms with van der Waals surface area (Å²) in [6.07, 6.45) is 7.01. The molecule has 0 spiro atoms. The van der Waals surface area contributed by atoms with E-state index >= 15 is 0 Å². The van der Waals surface area contributed by atoms with Crippen LogP contribution >= 0.6 is 0 Å². The first-order chi connectivity index (χ1) is 7.67. The van der Waals surface area contributed by atoms with E-state index in [1.165, 1.54) is 6.42 Å². The van der Waals surface area contributed by atoms with Crippen molar-refractivity contribution in [3.63, 3.8) is 0 Å². The van der Waals surface area contributed by atoms with E-state index in [4.69, 9.17) is 5.73 Å². The first-order valence-electron chi connectivity index (χ1n) is 6.35. The van der Waals surface area contributed by atoms with Gasteiger partial charge in [0.05, 0.1) is 5.75 Å². The molecule has 1 rings (SSSR count). The van der Waals surface area contributed by atoms with Crippen LogP contribution in [0.5, 0.6) is 0 Å². The Bertz CT molecular complexity index is 272. The molecule has 4 nitrogen and oxygen atoms in total. The topological polar surface area (TPSA) is 63.4 Å². The molecule has 0 bridgehead atoms. The molecule has 0 radical (unpaired) electrons. The fourth-order valence-corrected chi connectivity index (χ4v) is 3.70. The van der Waals surface area contributed by atoms with Gasteiger partial charge in [-0.15, -0.1) is 0 Å². The Labute approximate surface area is 99.2 Å². The van der Waals surface area contributed by atoms with Gasteiger partial charge in [0.15, 0.2) is 0 Å². The van der Waals surface area contributed by atoms with E-state index in [9.17, 15) is 8.42 Å². The van der Waals surface area contributed by atoms with E-state index in [0.717, 1.165) is 51.6 Å². The maximum atomic E-state index is 11.9. The monoisotopic (exact) mass is 248 g/mol. The third kappa shape index (κ3) is 4.80. The molecule has 16 heavy (non-hydrogen) atoms. The average molecular weight is 248 g/mol. The molecule has 0 aromatic heterocycles. The van der Waals surface area contributed by atoms with Gasteiger partial charge in [0.1, 0.15) is 0 Å². The van der Waals surface area contributed by atoms with Crippen LogP contribution < -0.4 is 5.73 Å². The van der Waals surface area contributed by atoms with Crippen molar-refractivity contribution < 1.29 is 8.42 Å². The Hall–Kier alpha value is -0.130. The van der Waals surface area contributed by atoms with E-state index in [2.05, 4.69) is 0 Å². The van der Waals surface area contributed by atoms with E-state index in [-0.39, 0.29) is 0 Å². The number of unbranched alkanes of at least 4 members (excludes halogenated alkanes) is 3. The molecule has 5 heteroatoms. The Morgan fingerprint density at radius 2 is 1.56 bits per heavy atom. The molecule has 0 saturated carbocycles. The van der Waals surface area contributed by atoms with Crippen LogP contribution in [0.2, 0.25) is 0 Å². The van der Waals surface area contributed by atoms with E-state index in [0.29, 0.717) is 12.3 Å². The predicted octanol–water partition coefficient (Wildman–Crippen LogP) is 1.32. The van der Waals surface area contributed by atoms with Crippen LogP contribution in [0.4, 0.5) is 0 Å². The number of nitrogens with two attached hydrogens (primary N) is 1. The molecule has 1 saturated heterocycles. The fourth-order valence-electron chi connectivity index (χ4n) is 2.05. The molecule has 0 amide bonds. The number of sulfonamides is 1. The summed E-state index contributed by atoms with van der Waals surface area (Å²) in [5, 5.41) is 0. The summed E-state index contributed by atoms with van der Waals surface area (Å²) in [4.78, 5) is 0. The summed E-state index contributed by atoms with van der Waals surface area (Å²) in [5.41, 5.74) is 5.39. The van der Waals surface area contributed by atoms with Gasteiger partial charge < -0.3 is 5.73 Å². The maximum Gasteiger partial charge on any atom is 0.214 e. The minimum atomic E-state index is -2.97. The second kappa shape index (κ2) is 7.25. The maximum absolute atomic E-state index is 11.9. The molecule has 1 fully saturated rings. The van der Waals surface area contributed by atoms with Crippen molar-refractivity contribution in [3.05, 3.63) is 0 Å². The van der Waals surface area contributed by atoms with Gasteiger partial charge in [-0.3, -0.25) is 0 Å². The Morgan fingerprint density at radius 3 is 2.19 bits per heavy atom. The first kappa shape index (κ1) is 13.9. The Kier molecular flexibility index (Phi) is 6.31. The zero-order valence-corrected chi connectivity index (χ0v) is 10.8. The van der Waals surface area contributed by atoms with Gasteiger partial charge in [-0.25, -0.2) is 12.7 Å². The third-order valence-corrected chi connectivity index (χ3v) is 5.02. The molecule has 0 aromatic carbocycles. The minimum Gasteiger partial charge on any atom is -0.330 e. The van der Waals surface area contributed by atoms with Crippen molar-refractivity contribution in [1.82, 2.24) is 4.31 Å². The molecular formula is C11H24N2O2S. The largest absolute Gasteiger partial charge is 0.330 e. The van der Waals surface area contributed by atoms with E-state index in [1.807, 2.05) is 0 Å². The highest BCUT2D eigenvalue weighted by molar-refractivity contribution is 7.89. The second-order valence-corrected chi connectivity index (χ2v) is 6.57. The van der Waals surface area contributed by atoms with Crippen LogP contribution in [0.3, 0.4) is 0 Å². The highest BCUT2D eigenvalue weighted by Gasteiger charge is 2.22. The van der Waals surface area contributed by atoms with Gasteiger partial charge in [0.25, 0.3) is 0 Å². The molecule has 0 aliphatic carbocycles. The molecule has 1 aliphatic heterocycles. The third-order valence-electron chi connectivity index (χ3n) is 3.06. The molecule has 0 atom stereocenters. The number of piperidine rings is 1. The first-order valence-corrected chi connectivity index (χ1v) is 7.95. The van der Waals surface area contributed by atoms with Gasteiger partial charge in [-0.2, -0.15) is 0 Å². The number of nitrogens with zero attached hydrogens (tertiary/aromatic N) is 1. The highest BCUT2D eigenvalue weighted by atomic mass is 32.2. The number of hydrogen-bond acceptors (Lipinski definition) is 3. The average Bonchev–Trinajstić information content (AvgIpc) is 2.30. The summed E-state index contributed by atoms with van der Waals surface area (Å²) in [7, 11) is -2.97. The van der Waals surface area contributed by atoms with Crippen LogP contribution in [0.25, 0.3) is 0 Å². The number of hydrogen-bond donors (Lipinski definition) is 1. The van der Waals surface area contributed by atoms with Crippen molar-refractivity contribution in [2.24, 2.45) is 5.73 Å². The molecular weight excluding hydrogens is 224 g/mol. The van der Waals surface area contributed by atoms with Crippen LogP contribution in [0, 0.1) is 0 Å². The Balaban J connectivity index is 2.22. The fraction of sp³-hybridized carbons (Fsp3) is 1.00. The number of rotatable bonds is 7. The van der Waals surface area contributed by atoms with E-state index in [1.54, 1.807) is 4.31 Å². The second-order valence-electron chi connectivity index (χ2n) is 4.48. The standard InChI is InChI=1S/C11H24N2O2S/c12-8-4-1-2-7-11-16(14,15)13-9-5-3-6-10-13/h1-12H2. The summed E-state index contributed by atoms with van der Waals surface area (Å²) in [6, 6.07) is 0. The minimum absolute atomic E-state index is 0.317. The Morgan fingerprint density at radius 1 is 0.938 bits per heavy atom. The van der Waals surface area contributed by atoms with Crippen molar-refractivity contribution in [1.29, 1.82) is 0 Å². The van der Waals surface area contributed by atoms with Crippen LogP contribution in [-0.2, 0) is 10.0 Å². The van der Waals surface area contributed by atoms with Gasteiger partial charge in [-0.1, -0.05) is 19.3 Å². The summed E-state index contributed by atoms with van der Waals surface area (Å²) < 4.78 is 25.5. The van der Waals surface area contributed by atoms with E-state index < -0.39 is 10.0 Å². The van der Waals surface area contributed by atoms with Gasteiger partial charge in [0, 0.05) is 13.1 Å². The van der Waals surface area contributed by atoms with Gasteiger partial charge in [-0.05, 0) is 32.2 Å². The lowest BCUT2D eigenvalue weighted by atomic mass is 10.2. The lowest BCUT2D eigenvalue weighted by molar-refractivity contribution is 0.346. The van der Waals surface area contributed by atoms with Crippen LogP contribution in [0.15, 0.2) is 0 Å². The van der Waals surface area contributed by atoms with Gasteiger partial charge in [0.2, 0.25) is 10.0 Å². The van der Waals surface area contributed by atoms with Crippen molar-refractivity contribution in [2.45, 2.75) is 44.9 Å². The van der Waals surface area contributed by atoms with Crippen LogP contribution in [-0.4, -0.2) is 38.1 Å². The lowest BCUT2D eigenvalue weighted by Gasteiger charge is -2.25. The summed E-state index contributed by atoms with van der Waals surface area (Å²) >= 11 is 0. The molecule has 0 aromatic rings. The quantitative estimate of drug-likeness (QED) is 0.691. The predicted molar refractivity (Wildman–Crippen MR) is 66.7 cm³/mol. The zero-order valence-electron chi connectivity index (χ0n) is 10.0. The zero-order chi connectivity index (χ0) is 11.9. The summed E-state index contributed by atoms with van der Waals surface area (Å²) in [5.74, 6) is 0.317. The summed E-state index contributed by atoms with van der Waals surface area (Å²) in [6.45, 7) is 2.16. The van der Waals surface area contributed by atoms with Crippen molar-refractivity contribution in [2.75, 3.05) is 25.4 Å². The van der Waals surface area contributed by atoms with Crippen molar-refractivity contribution in [3.8, 4) is 0 Å². The van der Waals surface area contributed by atoms with Crippen LogP contribution in [0.1, 0.15) is 44.9 Å². The molecule has 1 heterocycles. The molecule has 96 valence electrons. The van der Waals surface area contributed by atoms with Crippen molar-refractivity contribution >= 4 is 10.0 Å². The molecule has 1 aliphatic rings. The molecule has 0 unspecified atom stereocenters. The lowest BCUT2D eigenvalue weighted by Crippen LogP contribution is -2.37. The van der Waals surface area contributed by atoms with Gasteiger partial charge >= 0.3 is 0 Å². The SMILES string of the molecule is NCCCCCCS(=O)(=O)N1CCCCC1.